The van der Waals surface area contributed by atoms with Crippen molar-refractivity contribution >= 4 is 0 Å². The van der Waals surface area contributed by atoms with Crippen LogP contribution in [0.15, 0.2) is 0 Å². The highest BCUT2D eigenvalue weighted by molar-refractivity contribution is 4.79. The summed E-state index contributed by atoms with van der Waals surface area (Å²) in [5.74, 6) is 0.752. The summed E-state index contributed by atoms with van der Waals surface area (Å²) in [6.45, 7) is 4.82. The first-order chi connectivity index (χ1) is 5.24. The Morgan fingerprint density at radius 3 is 2.36 bits per heavy atom. The molecule has 0 saturated heterocycles. The highest BCUT2D eigenvalue weighted by atomic mass is 16.5. The van der Waals surface area contributed by atoms with Crippen molar-refractivity contribution in [3.63, 3.8) is 0 Å². The van der Waals surface area contributed by atoms with Gasteiger partial charge >= 0.3 is 0 Å². The minimum absolute atomic E-state index is 0.323. The Morgan fingerprint density at radius 2 is 2.09 bits per heavy atom. The van der Waals surface area contributed by atoms with Crippen LogP contribution in [0.4, 0.5) is 0 Å². The summed E-state index contributed by atoms with van der Waals surface area (Å²) in [4.78, 5) is 0. The van der Waals surface area contributed by atoms with Crippen LogP contribution in [0.2, 0.25) is 0 Å². The van der Waals surface area contributed by atoms with Gasteiger partial charge in [-0.3, -0.25) is 0 Å². The molecule has 1 atom stereocenters. The van der Waals surface area contributed by atoms with E-state index in [1.165, 1.54) is 19.3 Å². The molecule has 1 rings (SSSR count). The number of ether oxygens (including phenoxy) is 1. The van der Waals surface area contributed by atoms with Crippen molar-refractivity contribution in [2.45, 2.75) is 45.3 Å². The summed E-state index contributed by atoms with van der Waals surface area (Å²) in [6, 6.07) is 0. The lowest BCUT2D eigenvalue weighted by Gasteiger charge is -2.33. The maximum atomic E-state index is 5.68. The third-order valence-corrected chi connectivity index (χ3v) is 2.35. The fourth-order valence-electron chi connectivity index (χ4n) is 1.52. The Kier molecular flexibility index (Phi) is 3.34. The maximum Gasteiger partial charge on any atom is 0.0728 e. The molecule has 1 saturated carbocycles. The fraction of sp³-hybridized carbons (Fsp3) is 1.00. The second kappa shape index (κ2) is 4.07. The van der Waals surface area contributed by atoms with Crippen LogP contribution in [-0.4, -0.2) is 18.8 Å². The predicted molar refractivity (Wildman–Crippen MR) is 46.4 cm³/mol. The average molecular weight is 157 g/mol. The molecule has 0 bridgehead atoms. The van der Waals surface area contributed by atoms with Crippen molar-refractivity contribution in [2.75, 3.05) is 6.54 Å². The van der Waals surface area contributed by atoms with Gasteiger partial charge in [0.2, 0.25) is 0 Å². The molecule has 2 heteroatoms. The van der Waals surface area contributed by atoms with E-state index in [0.29, 0.717) is 18.8 Å². The van der Waals surface area contributed by atoms with Crippen LogP contribution < -0.4 is 5.73 Å². The van der Waals surface area contributed by atoms with E-state index in [4.69, 9.17) is 10.5 Å². The zero-order valence-corrected chi connectivity index (χ0v) is 7.55. The molecule has 0 aromatic carbocycles. The van der Waals surface area contributed by atoms with Crippen molar-refractivity contribution in [1.29, 1.82) is 0 Å². The second-order valence-corrected chi connectivity index (χ2v) is 3.65. The Labute approximate surface area is 69.1 Å². The first kappa shape index (κ1) is 9.01. The van der Waals surface area contributed by atoms with Crippen molar-refractivity contribution in [3.05, 3.63) is 0 Å². The van der Waals surface area contributed by atoms with Gasteiger partial charge in [-0.2, -0.15) is 0 Å². The van der Waals surface area contributed by atoms with Gasteiger partial charge in [-0.25, -0.2) is 0 Å². The molecular formula is C9H19NO. The Bertz CT molecular complexity index is 110. The van der Waals surface area contributed by atoms with E-state index < -0.39 is 0 Å². The van der Waals surface area contributed by atoms with Gasteiger partial charge in [0.25, 0.3) is 0 Å². The van der Waals surface area contributed by atoms with Gasteiger partial charge in [0.1, 0.15) is 0 Å². The highest BCUT2D eigenvalue weighted by Gasteiger charge is 2.27. The molecule has 0 heterocycles. The molecule has 66 valence electrons. The zero-order chi connectivity index (χ0) is 8.27. The van der Waals surface area contributed by atoms with Crippen LogP contribution in [0.1, 0.15) is 33.1 Å². The third kappa shape index (κ3) is 2.46. The molecule has 1 fully saturated rings. The smallest absolute Gasteiger partial charge is 0.0728 e. The molecule has 1 aliphatic carbocycles. The number of rotatable bonds is 4. The first-order valence-corrected chi connectivity index (χ1v) is 4.59. The van der Waals surface area contributed by atoms with Gasteiger partial charge in [-0.1, -0.05) is 6.42 Å². The Morgan fingerprint density at radius 1 is 1.45 bits per heavy atom. The van der Waals surface area contributed by atoms with Crippen molar-refractivity contribution in [2.24, 2.45) is 11.7 Å². The van der Waals surface area contributed by atoms with Crippen molar-refractivity contribution < 1.29 is 4.74 Å². The summed E-state index contributed by atoms with van der Waals surface area (Å²) < 4.78 is 5.68. The van der Waals surface area contributed by atoms with E-state index in [0.717, 1.165) is 5.92 Å². The normalized spacial score (nSPS) is 21.8. The monoisotopic (exact) mass is 157 g/mol. The molecule has 0 aliphatic heterocycles. The lowest BCUT2D eigenvalue weighted by atomic mass is 9.81. The lowest BCUT2D eigenvalue weighted by molar-refractivity contribution is -0.0411. The van der Waals surface area contributed by atoms with E-state index in [1.807, 2.05) is 0 Å². The highest BCUT2D eigenvalue weighted by Crippen LogP contribution is 2.31. The van der Waals surface area contributed by atoms with E-state index in [1.54, 1.807) is 0 Å². The number of hydrogen-bond acceptors (Lipinski definition) is 2. The molecule has 2 nitrogen and oxygen atoms in total. The first-order valence-electron chi connectivity index (χ1n) is 4.59. The molecule has 0 aromatic rings. The van der Waals surface area contributed by atoms with Gasteiger partial charge in [-0.05, 0) is 32.6 Å². The molecular weight excluding hydrogens is 138 g/mol. The summed E-state index contributed by atoms with van der Waals surface area (Å²) in [5.41, 5.74) is 5.61. The van der Waals surface area contributed by atoms with Gasteiger partial charge in [0.15, 0.2) is 0 Å². The van der Waals surface area contributed by atoms with Gasteiger partial charge < -0.3 is 10.5 Å². The predicted octanol–water partition coefficient (Wildman–Crippen LogP) is 1.54. The summed E-state index contributed by atoms with van der Waals surface area (Å²) in [5, 5.41) is 0. The molecule has 0 aromatic heterocycles. The lowest BCUT2D eigenvalue weighted by Crippen LogP contribution is -2.37. The van der Waals surface area contributed by atoms with Crippen molar-refractivity contribution in [1.82, 2.24) is 0 Å². The minimum atomic E-state index is 0.323. The third-order valence-electron chi connectivity index (χ3n) is 2.35. The van der Waals surface area contributed by atoms with Crippen LogP contribution in [0.5, 0.6) is 0 Å². The molecule has 0 spiro atoms. The van der Waals surface area contributed by atoms with Gasteiger partial charge in [-0.15, -0.1) is 0 Å². The standard InChI is InChI=1S/C9H19NO/c1-7(2)11-9(6-10)8-4-3-5-8/h7-9H,3-6,10H2,1-2H3. The van der Waals surface area contributed by atoms with E-state index in [2.05, 4.69) is 13.8 Å². The summed E-state index contributed by atoms with van der Waals surface area (Å²) in [6.07, 6.45) is 4.64. The molecule has 1 unspecified atom stereocenters. The molecule has 0 radical (unpaired) electrons. The van der Waals surface area contributed by atoms with Crippen LogP contribution in [-0.2, 0) is 4.74 Å². The number of hydrogen-bond donors (Lipinski definition) is 1. The van der Waals surface area contributed by atoms with E-state index in [9.17, 15) is 0 Å². The summed E-state index contributed by atoms with van der Waals surface area (Å²) in [7, 11) is 0. The summed E-state index contributed by atoms with van der Waals surface area (Å²) >= 11 is 0. The minimum Gasteiger partial charge on any atom is -0.374 e. The molecule has 1 aliphatic rings. The van der Waals surface area contributed by atoms with E-state index >= 15 is 0 Å². The topological polar surface area (TPSA) is 35.2 Å². The fourth-order valence-corrected chi connectivity index (χ4v) is 1.52. The molecule has 0 amide bonds. The van der Waals surface area contributed by atoms with Crippen molar-refractivity contribution in [3.8, 4) is 0 Å². The van der Waals surface area contributed by atoms with Crippen LogP contribution >= 0.6 is 0 Å². The van der Waals surface area contributed by atoms with Crippen LogP contribution in [0, 0.1) is 5.92 Å². The largest absolute Gasteiger partial charge is 0.374 e. The van der Waals surface area contributed by atoms with Gasteiger partial charge in [0.05, 0.1) is 12.2 Å². The van der Waals surface area contributed by atoms with E-state index in [-0.39, 0.29) is 0 Å². The molecule has 11 heavy (non-hydrogen) atoms. The van der Waals surface area contributed by atoms with Crippen LogP contribution in [0.3, 0.4) is 0 Å². The Hall–Kier alpha value is -0.0800. The molecule has 2 N–H and O–H groups in total. The quantitative estimate of drug-likeness (QED) is 0.672. The zero-order valence-electron chi connectivity index (χ0n) is 7.55. The number of nitrogens with two attached hydrogens (primary N) is 1. The average Bonchev–Trinajstić information content (AvgIpc) is 1.81. The second-order valence-electron chi connectivity index (χ2n) is 3.65. The Balaban J connectivity index is 2.23. The van der Waals surface area contributed by atoms with Gasteiger partial charge in [0, 0.05) is 6.54 Å². The maximum absolute atomic E-state index is 5.68. The SMILES string of the molecule is CC(C)OC(CN)C1CCC1. The van der Waals surface area contributed by atoms with Crippen LogP contribution in [0.25, 0.3) is 0 Å².